The number of rotatable bonds is 10. The highest BCUT2D eigenvalue weighted by molar-refractivity contribution is 5.89. The minimum atomic E-state index is -1.71. The van der Waals surface area contributed by atoms with Crippen LogP contribution in [0, 0.1) is 0 Å². The van der Waals surface area contributed by atoms with Crippen LogP contribution in [0.3, 0.4) is 0 Å². The Labute approximate surface area is 220 Å². The molecule has 0 spiro atoms. The summed E-state index contributed by atoms with van der Waals surface area (Å²) in [4.78, 5) is 25.8. The Balaban J connectivity index is 1.42. The largest absolute Gasteiger partial charge is 0.497 e. The van der Waals surface area contributed by atoms with Gasteiger partial charge in [-0.25, -0.2) is 9.59 Å². The lowest BCUT2D eigenvalue weighted by molar-refractivity contribution is -0.280. The molecule has 0 saturated carbocycles. The molecule has 9 nitrogen and oxygen atoms in total. The summed E-state index contributed by atoms with van der Waals surface area (Å²) in [7, 11) is 2.83. The number of methoxy groups -OCH3 is 2. The van der Waals surface area contributed by atoms with Crippen molar-refractivity contribution in [3.63, 3.8) is 0 Å². The first-order valence-corrected chi connectivity index (χ1v) is 12.1. The van der Waals surface area contributed by atoms with Crippen molar-refractivity contribution in [1.29, 1.82) is 0 Å². The van der Waals surface area contributed by atoms with E-state index in [2.05, 4.69) is 0 Å². The maximum absolute atomic E-state index is 13.1. The molecule has 2 heterocycles. The van der Waals surface area contributed by atoms with E-state index < -0.39 is 42.3 Å². The van der Waals surface area contributed by atoms with Crippen molar-refractivity contribution in [3.05, 3.63) is 102 Å². The van der Waals surface area contributed by atoms with E-state index in [1.165, 1.54) is 7.11 Å². The molecule has 0 aromatic heterocycles. The van der Waals surface area contributed by atoms with Gasteiger partial charge in [-0.15, -0.1) is 0 Å². The zero-order chi connectivity index (χ0) is 26.5. The molecule has 3 aromatic rings. The van der Waals surface area contributed by atoms with Crippen molar-refractivity contribution < 1.29 is 42.7 Å². The number of ether oxygens (including phenoxy) is 7. The molecule has 9 heteroatoms. The van der Waals surface area contributed by atoms with Crippen molar-refractivity contribution in [3.8, 4) is 5.75 Å². The van der Waals surface area contributed by atoms with E-state index in [-0.39, 0.29) is 13.2 Å². The molecule has 2 aliphatic rings. The number of esters is 2. The molecule has 5 rings (SSSR count). The van der Waals surface area contributed by atoms with Gasteiger partial charge in [-0.1, -0.05) is 60.7 Å². The van der Waals surface area contributed by atoms with Gasteiger partial charge in [0.2, 0.25) is 6.29 Å². The summed E-state index contributed by atoms with van der Waals surface area (Å²) in [6.45, 7) is 0.286. The van der Waals surface area contributed by atoms with Crippen LogP contribution >= 0.6 is 0 Å². The molecule has 0 radical (unpaired) electrons. The maximum Gasteiger partial charge on any atom is 0.369 e. The molecule has 0 amide bonds. The van der Waals surface area contributed by atoms with Crippen LogP contribution < -0.4 is 4.74 Å². The van der Waals surface area contributed by atoms with Crippen LogP contribution in [0.2, 0.25) is 0 Å². The fraction of sp³-hybridized carbons (Fsp3) is 0.310. The Morgan fingerprint density at radius 1 is 0.763 bits per heavy atom. The molecule has 2 saturated heterocycles. The molecule has 0 unspecified atom stereocenters. The molecule has 38 heavy (non-hydrogen) atoms. The summed E-state index contributed by atoms with van der Waals surface area (Å²) >= 11 is 0. The summed E-state index contributed by atoms with van der Waals surface area (Å²) in [5.74, 6) is -2.31. The number of carbonyl (C=O) groups is 2. The molecule has 2 aliphatic heterocycles. The van der Waals surface area contributed by atoms with Gasteiger partial charge in [0.1, 0.15) is 11.9 Å². The highest BCUT2D eigenvalue weighted by Gasteiger charge is 2.76. The van der Waals surface area contributed by atoms with Crippen LogP contribution in [0.15, 0.2) is 84.9 Å². The van der Waals surface area contributed by atoms with Crippen LogP contribution in [0.5, 0.6) is 5.75 Å². The first-order chi connectivity index (χ1) is 18.5. The van der Waals surface area contributed by atoms with Crippen molar-refractivity contribution >= 4 is 11.9 Å². The second-order valence-corrected chi connectivity index (χ2v) is 8.84. The smallest absolute Gasteiger partial charge is 0.369 e. The van der Waals surface area contributed by atoms with E-state index in [1.54, 1.807) is 37.4 Å². The lowest BCUT2D eigenvalue weighted by Gasteiger charge is -2.36. The fourth-order valence-corrected chi connectivity index (χ4v) is 4.32. The van der Waals surface area contributed by atoms with Crippen molar-refractivity contribution in [1.82, 2.24) is 0 Å². The number of carbonyl (C=O) groups excluding carboxylic acids is 2. The van der Waals surface area contributed by atoms with Crippen LogP contribution in [-0.4, -0.2) is 56.5 Å². The van der Waals surface area contributed by atoms with Gasteiger partial charge in [0, 0.05) is 0 Å². The zero-order valence-electron chi connectivity index (χ0n) is 21.0. The Kier molecular flexibility index (Phi) is 7.71. The Bertz CT molecular complexity index is 1230. The molecule has 0 aliphatic carbocycles. The summed E-state index contributed by atoms with van der Waals surface area (Å²) in [6.07, 6.45) is -3.98. The number of fused-ring (bicyclic) bond motifs is 1. The fourth-order valence-electron chi connectivity index (χ4n) is 4.32. The minimum absolute atomic E-state index is 0.137. The summed E-state index contributed by atoms with van der Waals surface area (Å²) in [5.41, 5.74) is 2.06. The molecule has 0 bridgehead atoms. The van der Waals surface area contributed by atoms with E-state index >= 15 is 0 Å². The first kappa shape index (κ1) is 25.9. The third kappa shape index (κ3) is 5.41. The van der Waals surface area contributed by atoms with Crippen molar-refractivity contribution in [2.24, 2.45) is 0 Å². The van der Waals surface area contributed by atoms with Crippen LogP contribution in [0.25, 0.3) is 0 Å². The number of hydrogen-bond donors (Lipinski definition) is 0. The van der Waals surface area contributed by atoms with E-state index in [0.29, 0.717) is 11.3 Å². The van der Waals surface area contributed by atoms with Gasteiger partial charge in [-0.3, -0.25) is 0 Å². The highest BCUT2D eigenvalue weighted by Crippen LogP contribution is 2.49. The Morgan fingerprint density at radius 2 is 1.39 bits per heavy atom. The van der Waals surface area contributed by atoms with Gasteiger partial charge >= 0.3 is 17.7 Å². The average Bonchev–Trinajstić information content (AvgIpc) is 3.71. The van der Waals surface area contributed by atoms with Gasteiger partial charge in [0.15, 0.2) is 12.2 Å². The van der Waals surface area contributed by atoms with Crippen LogP contribution in [0.4, 0.5) is 0 Å². The topological polar surface area (TPSA) is 102 Å². The molecular formula is C29H28O9. The third-order valence-corrected chi connectivity index (χ3v) is 6.38. The van der Waals surface area contributed by atoms with Gasteiger partial charge in [0.25, 0.3) is 0 Å². The molecule has 198 valence electrons. The summed E-state index contributed by atoms with van der Waals surface area (Å²) < 4.78 is 40.1. The third-order valence-electron chi connectivity index (χ3n) is 6.38. The first-order valence-electron chi connectivity index (χ1n) is 12.1. The molecule has 2 fully saturated rings. The summed E-state index contributed by atoms with van der Waals surface area (Å²) in [5, 5.41) is 0. The van der Waals surface area contributed by atoms with Gasteiger partial charge in [-0.05, 0) is 35.4 Å². The van der Waals surface area contributed by atoms with Crippen molar-refractivity contribution in [2.45, 2.75) is 43.6 Å². The SMILES string of the molecule is COC(=O)[C@@]12O[C@@H](OCc3ccccc3)[C@H](OC(=O)c3ccccc3)[C@@H](OCc3ccc(OC)cc3)[C@@H]1O2. The van der Waals surface area contributed by atoms with E-state index in [9.17, 15) is 9.59 Å². The highest BCUT2D eigenvalue weighted by atomic mass is 16.9. The maximum atomic E-state index is 13.1. The summed E-state index contributed by atoms with van der Waals surface area (Å²) in [6, 6.07) is 25.3. The average molecular weight is 521 g/mol. The molecule has 3 aromatic carbocycles. The van der Waals surface area contributed by atoms with Crippen molar-refractivity contribution in [2.75, 3.05) is 14.2 Å². The van der Waals surface area contributed by atoms with E-state index in [1.807, 2.05) is 54.6 Å². The second kappa shape index (κ2) is 11.3. The Morgan fingerprint density at radius 3 is 2.05 bits per heavy atom. The molecular weight excluding hydrogens is 492 g/mol. The normalized spacial score (nSPS) is 25.6. The molecule has 5 atom stereocenters. The van der Waals surface area contributed by atoms with E-state index in [4.69, 9.17) is 33.2 Å². The van der Waals surface area contributed by atoms with Gasteiger partial charge in [0.05, 0.1) is 33.0 Å². The van der Waals surface area contributed by atoms with Gasteiger partial charge < -0.3 is 33.2 Å². The Hall–Kier alpha value is -3.76. The standard InChI is InChI=1S/C29H28O9/c1-32-22-15-13-20(14-16-22)17-34-23-24(36-26(30)21-11-7-4-8-12-21)27(35-18-19-9-5-3-6-10-19)38-29(25(23)37-29)28(31)33-2/h3-16,23-25,27H,17-18H2,1-2H3/t23-,24-,25+,27-,29+/m1/s1. The van der Waals surface area contributed by atoms with Crippen LogP contribution in [-0.2, 0) is 46.4 Å². The monoisotopic (exact) mass is 520 g/mol. The minimum Gasteiger partial charge on any atom is -0.497 e. The predicted octanol–water partition coefficient (Wildman–Crippen LogP) is 3.65. The number of hydrogen-bond acceptors (Lipinski definition) is 9. The number of benzene rings is 3. The molecule has 0 N–H and O–H groups in total. The predicted molar refractivity (Wildman–Crippen MR) is 133 cm³/mol. The lowest BCUT2D eigenvalue weighted by atomic mass is 10.0. The lowest BCUT2D eigenvalue weighted by Crippen LogP contribution is -2.57. The zero-order valence-corrected chi connectivity index (χ0v) is 21.0. The van der Waals surface area contributed by atoms with E-state index in [0.717, 1.165) is 11.1 Å². The second-order valence-electron chi connectivity index (χ2n) is 8.84. The number of epoxide rings is 1. The van der Waals surface area contributed by atoms with Crippen LogP contribution in [0.1, 0.15) is 21.5 Å². The quantitative estimate of drug-likeness (QED) is 0.293. The van der Waals surface area contributed by atoms with Gasteiger partial charge in [-0.2, -0.15) is 0 Å².